The summed E-state index contributed by atoms with van der Waals surface area (Å²) in [5.74, 6) is 0. The van der Waals surface area contributed by atoms with Gasteiger partial charge in [0.2, 0.25) is 0 Å². The summed E-state index contributed by atoms with van der Waals surface area (Å²) in [7, 11) is 0. The molecule has 0 saturated heterocycles. The van der Waals surface area contributed by atoms with E-state index in [0.29, 0.717) is 0 Å². The zero-order valence-electron chi connectivity index (χ0n) is 19.2. The third-order valence-corrected chi connectivity index (χ3v) is 6.45. The summed E-state index contributed by atoms with van der Waals surface area (Å²) < 4.78 is 0. The van der Waals surface area contributed by atoms with Crippen LogP contribution < -0.4 is 0 Å². The van der Waals surface area contributed by atoms with Crippen LogP contribution in [-0.4, -0.2) is 22.8 Å². The molecular formula is C28H28N4. The lowest BCUT2D eigenvalue weighted by molar-refractivity contribution is 1.11. The van der Waals surface area contributed by atoms with E-state index >= 15 is 0 Å². The first-order valence-corrected chi connectivity index (χ1v) is 11.7. The molecule has 0 aromatic carbocycles. The minimum Gasteiger partial charge on any atom is -0.248 e. The van der Waals surface area contributed by atoms with Crippen LogP contribution in [0.1, 0.15) is 53.4 Å². The largest absolute Gasteiger partial charge is 0.248 e. The van der Waals surface area contributed by atoms with Crippen LogP contribution >= 0.6 is 0 Å². The molecule has 0 saturated carbocycles. The van der Waals surface area contributed by atoms with Crippen LogP contribution in [0, 0.1) is 0 Å². The van der Waals surface area contributed by atoms with Crippen molar-refractivity contribution < 1.29 is 0 Å². The summed E-state index contributed by atoms with van der Waals surface area (Å²) in [5, 5.41) is 0. The number of nitrogens with zero attached hydrogens (tertiary/aromatic N) is 4. The van der Waals surface area contributed by atoms with E-state index < -0.39 is 0 Å². The average molecular weight is 421 g/mol. The van der Waals surface area contributed by atoms with Crippen molar-refractivity contribution in [3.63, 3.8) is 0 Å². The standard InChI is InChI=1S/C28H28N4/c1-5-17-21-9-11-23(29-21)18(6-2)25-13-15-27(31-25)20(8-4)28-16-14-26(32-28)19(7-3)24-12-10-22(17)30-24/h9-16H,5-8H2,1-4H3. The van der Waals surface area contributed by atoms with E-state index in [4.69, 9.17) is 20.0 Å². The minimum atomic E-state index is 0.877. The molecule has 5 aliphatic heterocycles. The number of rotatable bonds is 4. The number of allylic oxidation sites excluding steroid dienone is 12. The molecule has 0 N–H and O–H groups in total. The summed E-state index contributed by atoms with van der Waals surface area (Å²) >= 11 is 0. The molecule has 0 fully saturated rings. The normalized spacial score (nSPS) is 21.4. The molecule has 8 bridgehead atoms. The average Bonchev–Trinajstić information content (AvgIpc) is 3.59. The first-order valence-electron chi connectivity index (χ1n) is 11.7. The van der Waals surface area contributed by atoms with E-state index in [1.54, 1.807) is 0 Å². The lowest BCUT2D eigenvalue weighted by atomic mass is 10.0. The zero-order valence-corrected chi connectivity index (χ0v) is 19.2. The SMILES string of the molecule is CCC1=C2C=CC(=N2)C(CC)=C2C=CC(=N2)C(CC)=C2C=CC(=N2)C(CC)=C2C=CC1=N2. The van der Waals surface area contributed by atoms with Crippen molar-refractivity contribution >= 4 is 22.8 Å². The van der Waals surface area contributed by atoms with Crippen molar-refractivity contribution in [3.8, 4) is 0 Å². The van der Waals surface area contributed by atoms with Gasteiger partial charge in [0, 0.05) is 22.3 Å². The summed E-state index contributed by atoms with van der Waals surface area (Å²) in [6.45, 7) is 8.68. The summed E-state index contributed by atoms with van der Waals surface area (Å²) in [5.41, 5.74) is 12.7. The molecule has 0 aromatic heterocycles. The van der Waals surface area contributed by atoms with Crippen molar-refractivity contribution in [2.45, 2.75) is 53.4 Å². The Balaban J connectivity index is 1.79. The molecule has 32 heavy (non-hydrogen) atoms. The van der Waals surface area contributed by atoms with Crippen molar-refractivity contribution in [3.05, 3.63) is 93.7 Å². The predicted molar refractivity (Wildman–Crippen MR) is 136 cm³/mol. The summed E-state index contributed by atoms with van der Waals surface area (Å²) in [6, 6.07) is 0. The van der Waals surface area contributed by atoms with Gasteiger partial charge in [-0.3, -0.25) is 0 Å². The molecule has 0 atom stereocenters. The van der Waals surface area contributed by atoms with Crippen LogP contribution in [-0.2, 0) is 0 Å². The molecule has 5 aliphatic rings. The molecule has 4 heteroatoms. The first kappa shape index (κ1) is 20.5. The summed E-state index contributed by atoms with van der Waals surface area (Å²) in [6.07, 6.45) is 20.5. The van der Waals surface area contributed by atoms with Crippen LogP contribution in [0.15, 0.2) is 114 Å². The number of aliphatic imine (C=N–C) groups is 4. The van der Waals surface area contributed by atoms with E-state index in [2.05, 4.69) is 76.3 Å². The van der Waals surface area contributed by atoms with Gasteiger partial charge in [0.15, 0.2) is 0 Å². The number of hydrogen-bond acceptors (Lipinski definition) is 4. The van der Waals surface area contributed by atoms with E-state index in [-0.39, 0.29) is 0 Å². The lowest BCUT2D eigenvalue weighted by Gasteiger charge is -2.09. The van der Waals surface area contributed by atoms with E-state index in [1.807, 2.05) is 0 Å². The highest BCUT2D eigenvalue weighted by Crippen LogP contribution is 2.32. The van der Waals surface area contributed by atoms with Gasteiger partial charge in [-0.1, -0.05) is 27.7 Å². The van der Waals surface area contributed by atoms with Gasteiger partial charge < -0.3 is 0 Å². The smallest absolute Gasteiger partial charge is 0.0691 e. The molecule has 0 aliphatic carbocycles. The predicted octanol–water partition coefficient (Wildman–Crippen LogP) is 6.70. The molecule has 0 aromatic rings. The third kappa shape index (κ3) is 3.31. The zero-order chi connectivity index (χ0) is 22.2. The molecule has 5 heterocycles. The van der Waals surface area contributed by atoms with Gasteiger partial charge in [-0.2, -0.15) is 0 Å². The van der Waals surface area contributed by atoms with Crippen LogP contribution in [0.3, 0.4) is 0 Å². The van der Waals surface area contributed by atoms with Crippen LogP contribution in [0.2, 0.25) is 0 Å². The first-order chi connectivity index (χ1) is 15.7. The van der Waals surface area contributed by atoms with Gasteiger partial charge in [-0.25, -0.2) is 20.0 Å². The van der Waals surface area contributed by atoms with Crippen molar-refractivity contribution in [2.24, 2.45) is 20.0 Å². The Morgan fingerprint density at radius 1 is 0.375 bits per heavy atom. The molecule has 0 spiro atoms. The fourth-order valence-electron chi connectivity index (χ4n) is 4.77. The van der Waals surface area contributed by atoms with Crippen LogP contribution in [0.4, 0.5) is 0 Å². The second kappa shape index (κ2) is 8.27. The topological polar surface area (TPSA) is 49.4 Å². The molecule has 4 nitrogen and oxygen atoms in total. The van der Waals surface area contributed by atoms with Crippen LogP contribution in [0.5, 0.6) is 0 Å². The highest BCUT2D eigenvalue weighted by molar-refractivity contribution is 6.19. The van der Waals surface area contributed by atoms with Gasteiger partial charge in [-0.15, -0.1) is 0 Å². The van der Waals surface area contributed by atoms with E-state index in [1.165, 1.54) is 22.3 Å². The number of fused-ring (bicyclic) bond motifs is 4. The monoisotopic (exact) mass is 420 g/mol. The van der Waals surface area contributed by atoms with Gasteiger partial charge in [0.1, 0.15) is 0 Å². The molecule has 0 amide bonds. The Bertz CT molecular complexity index is 1070. The highest BCUT2D eigenvalue weighted by atomic mass is 14.9. The maximum absolute atomic E-state index is 5.02. The second-order valence-electron chi connectivity index (χ2n) is 8.19. The van der Waals surface area contributed by atoms with Gasteiger partial charge in [0.25, 0.3) is 0 Å². The van der Waals surface area contributed by atoms with E-state index in [0.717, 1.165) is 71.3 Å². The molecule has 5 rings (SSSR count). The van der Waals surface area contributed by atoms with Gasteiger partial charge >= 0.3 is 0 Å². The van der Waals surface area contributed by atoms with E-state index in [9.17, 15) is 0 Å². The molecule has 0 radical (unpaired) electrons. The fourth-order valence-corrected chi connectivity index (χ4v) is 4.77. The Hall–Kier alpha value is -3.40. The molecule has 160 valence electrons. The Kier molecular flexibility index (Phi) is 5.30. The Morgan fingerprint density at radius 2 is 0.594 bits per heavy atom. The second-order valence-corrected chi connectivity index (χ2v) is 8.19. The van der Waals surface area contributed by atoms with Gasteiger partial charge in [-0.05, 0) is 74.3 Å². The Morgan fingerprint density at radius 3 is 0.781 bits per heavy atom. The highest BCUT2D eigenvalue weighted by Gasteiger charge is 2.23. The van der Waals surface area contributed by atoms with Gasteiger partial charge in [0.05, 0.1) is 45.6 Å². The number of hydrogen-bond donors (Lipinski definition) is 0. The van der Waals surface area contributed by atoms with Crippen molar-refractivity contribution in [2.75, 3.05) is 0 Å². The van der Waals surface area contributed by atoms with Crippen molar-refractivity contribution in [1.82, 2.24) is 0 Å². The molecule has 0 unspecified atom stereocenters. The third-order valence-electron chi connectivity index (χ3n) is 6.45. The quantitative estimate of drug-likeness (QED) is 0.486. The van der Waals surface area contributed by atoms with Crippen LogP contribution in [0.25, 0.3) is 0 Å². The molecular weight excluding hydrogens is 392 g/mol. The maximum Gasteiger partial charge on any atom is 0.0691 e. The fraction of sp³-hybridized carbons (Fsp3) is 0.286. The Labute approximate surface area is 190 Å². The lowest BCUT2D eigenvalue weighted by Crippen LogP contribution is -2.03. The summed E-state index contributed by atoms with van der Waals surface area (Å²) in [4.78, 5) is 20.1. The minimum absolute atomic E-state index is 0.877. The van der Waals surface area contributed by atoms with Crippen molar-refractivity contribution in [1.29, 1.82) is 0 Å². The maximum atomic E-state index is 5.02.